The first-order chi connectivity index (χ1) is 12.0. The molecule has 1 heterocycles. The van der Waals surface area contributed by atoms with Gasteiger partial charge in [-0.3, -0.25) is 4.79 Å². The van der Waals surface area contributed by atoms with Gasteiger partial charge in [0.05, 0.1) is 16.5 Å². The second kappa shape index (κ2) is 6.02. The van der Waals surface area contributed by atoms with E-state index >= 15 is 0 Å². The van der Waals surface area contributed by atoms with Crippen molar-refractivity contribution < 1.29 is 23.1 Å². The van der Waals surface area contributed by atoms with Crippen LogP contribution in [0.1, 0.15) is 34.8 Å². The monoisotopic (exact) mass is 379 g/mol. The lowest BCUT2D eigenvalue weighted by Crippen LogP contribution is -2.22. The summed E-state index contributed by atoms with van der Waals surface area (Å²) in [5.41, 5.74) is 0.126. The van der Waals surface area contributed by atoms with Crippen LogP contribution in [-0.4, -0.2) is 23.7 Å². The molecule has 0 bridgehead atoms. The molecule has 1 aliphatic carbocycles. The number of carboxylic acid groups (broad SMARTS) is 1. The summed E-state index contributed by atoms with van der Waals surface area (Å²) in [7, 11) is -2.03. The fourth-order valence-corrected chi connectivity index (χ4v) is 3.17. The number of hydrogen-bond donors (Lipinski definition) is 1. The molecule has 0 radical (unpaired) electrons. The van der Waals surface area contributed by atoms with E-state index in [2.05, 4.69) is 11.5 Å². The zero-order valence-electron chi connectivity index (χ0n) is 14.4. The van der Waals surface area contributed by atoms with Gasteiger partial charge in [-0.25, -0.2) is 18.0 Å². The molecule has 1 aliphatic rings. The van der Waals surface area contributed by atoms with E-state index in [1.165, 1.54) is 4.57 Å². The molecular weight excluding hydrogens is 363 g/mol. The first-order valence-electron chi connectivity index (χ1n) is 8.04. The molecule has 0 saturated heterocycles. The standard InChI is InChI=1S/C18H16F3NO3Si/c1-26(2,3)7-6-10-12-16(15(21)14(20)13(10)19)22(9-4-5-9)8-11(17(12)23)18(24)25/h8-9H,4-5H2,1-3H3,(H,24,25). The van der Waals surface area contributed by atoms with Crippen molar-refractivity contribution in [1.29, 1.82) is 0 Å². The van der Waals surface area contributed by atoms with Crippen molar-refractivity contribution >= 4 is 24.9 Å². The second-order valence-electron chi connectivity index (χ2n) is 7.36. The SMILES string of the molecule is C[Si](C)(C)C#Cc1c(F)c(F)c(F)c2c1c(=O)c(C(=O)O)cn2C1CC1. The van der Waals surface area contributed by atoms with Gasteiger partial charge in [0.2, 0.25) is 5.43 Å². The van der Waals surface area contributed by atoms with E-state index < -0.39 is 59.0 Å². The molecular formula is C18H16F3NO3Si. The van der Waals surface area contributed by atoms with E-state index in [-0.39, 0.29) is 6.04 Å². The van der Waals surface area contributed by atoms with Crippen LogP contribution in [-0.2, 0) is 0 Å². The maximum Gasteiger partial charge on any atom is 0.341 e. The molecule has 8 heteroatoms. The van der Waals surface area contributed by atoms with Gasteiger partial charge in [0, 0.05) is 12.2 Å². The van der Waals surface area contributed by atoms with Crippen LogP contribution >= 0.6 is 0 Å². The molecule has 0 amide bonds. The molecule has 0 unspecified atom stereocenters. The normalized spacial score (nSPS) is 14.2. The Labute approximate surface area is 148 Å². The van der Waals surface area contributed by atoms with Crippen molar-refractivity contribution in [2.24, 2.45) is 0 Å². The van der Waals surface area contributed by atoms with Crippen LogP contribution in [0.5, 0.6) is 0 Å². The number of halogens is 3. The smallest absolute Gasteiger partial charge is 0.341 e. The summed E-state index contributed by atoms with van der Waals surface area (Å²) in [5.74, 6) is -3.82. The minimum absolute atomic E-state index is 0.256. The number of carbonyl (C=O) groups is 1. The molecule has 1 N–H and O–H groups in total. The van der Waals surface area contributed by atoms with Gasteiger partial charge in [-0.05, 0) is 12.8 Å². The molecule has 4 nitrogen and oxygen atoms in total. The van der Waals surface area contributed by atoms with Crippen LogP contribution in [0.25, 0.3) is 10.9 Å². The Balaban J connectivity index is 2.56. The zero-order chi connectivity index (χ0) is 19.4. The Hall–Kier alpha value is -2.53. The number of pyridine rings is 1. The number of hydrogen-bond acceptors (Lipinski definition) is 2. The van der Waals surface area contributed by atoms with Gasteiger partial charge in [0.1, 0.15) is 13.6 Å². The summed E-state index contributed by atoms with van der Waals surface area (Å²) in [5, 5.41) is 8.78. The van der Waals surface area contributed by atoms with Gasteiger partial charge in [-0.1, -0.05) is 25.6 Å². The number of aromatic carboxylic acids is 1. The summed E-state index contributed by atoms with van der Waals surface area (Å²) in [6.45, 7) is 5.60. The third-order valence-corrected chi connectivity index (χ3v) is 4.91. The van der Waals surface area contributed by atoms with E-state index in [1.807, 2.05) is 19.6 Å². The molecule has 26 heavy (non-hydrogen) atoms. The predicted molar refractivity (Wildman–Crippen MR) is 93.5 cm³/mol. The van der Waals surface area contributed by atoms with Crippen molar-refractivity contribution in [3.63, 3.8) is 0 Å². The van der Waals surface area contributed by atoms with E-state index in [4.69, 9.17) is 0 Å². The largest absolute Gasteiger partial charge is 0.477 e. The van der Waals surface area contributed by atoms with E-state index in [1.54, 1.807) is 0 Å². The van der Waals surface area contributed by atoms with Gasteiger partial charge < -0.3 is 9.67 Å². The fraction of sp³-hybridized carbons (Fsp3) is 0.333. The highest BCUT2D eigenvalue weighted by molar-refractivity contribution is 6.83. The molecule has 2 aromatic rings. The second-order valence-corrected chi connectivity index (χ2v) is 12.1. The molecule has 1 aromatic heterocycles. The molecule has 1 aromatic carbocycles. The van der Waals surface area contributed by atoms with Crippen LogP contribution < -0.4 is 5.43 Å². The van der Waals surface area contributed by atoms with Crippen LogP contribution in [0.15, 0.2) is 11.0 Å². The Kier molecular flexibility index (Phi) is 4.23. The van der Waals surface area contributed by atoms with Crippen molar-refractivity contribution in [2.45, 2.75) is 38.5 Å². The molecule has 3 rings (SSSR count). The number of carboxylic acids is 1. The average Bonchev–Trinajstić information content (AvgIpc) is 3.36. The first kappa shape index (κ1) is 18.3. The van der Waals surface area contributed by atoms with Crippen LogP contribution in [0.4, 0.5) is 13.2 Å². The summed E-state index contributed by atoms with van der Waals surface area (Å²) < 4.78 is 44.3. The van der Waals surface area contributed by atoms with Crippen LogP contribution in [0.2, 0.25) is 19.6 Å². The summed E-state index contributed by atoms with van der Waals surface area (Å²) >= 11 is 0. The highest BCUT2D eigenvalue weighted by atomic mass is 28.3. The number of fused-ring (bicyclic) bond motifs is 1. The van der Waals surface area contributed by atoms with E-state index in [9.17, 15) is 27.9 Å². The third-order valence-electron chi connectivity index (χ3n) is 4.03. The van der Waals surface area contributed by atoms with Crippen LogP contribution in [0.3, 0.4) is 0 Å². The van der Waals surface area contributed by atoms with Gasteiger partial charge in [-0.2, -0.15) is 0 Å². The lowest BCUT2D eigenvalue weighted by Gasteiger charge is -2.14. The quantitative estimate of drug-likeness (QED) is 0.492. The van der Waals surface area contributed by atoms with Crippen molar-refractivity contribution in [3.05, 3.63) is 45.0 Å². The molecule has 0 atom stereocenters. The number of rotatable bonds is 2. The minimum atomic E-state index is -2.03. The van der Waals surface area contributed by atoms with E-state index in [0.29, 0.717) is 12.8 Å². The first-order valence-corrected chi connectivity index (χ1v) is 11.5. The zero-order valence-corrected chi connectivity index (χ0v) is 15.4. The minimum Gasteiger partial charge on any atom is -0.477 e. The molecule has 1 fully saturated rings. The van der Waals surface area contributed by atoms with E-state index in [0.717, 1.165) is 6.20 Å². The molecule has 0 spiro atoms. The fourth-order valence-electron chi connectivity index (χ4n) is 2.67. The Morgan fingerprint density at radius 3 is 2.31 bits per heavy atom. The molecule has 1 saturated carbocycles. The van der Waals surface area contributed by atoms with Crippen molar-refractivity contribution in [3.8, 4) is 11.5 Å². The Morgan fingerprint density at radius 2 is 1.81 bits per heavy atom. The van der Waals surface area contributed by atoms with Gasteiger partial charge in [-0.15, -0.1) is 5.54 Å². The Bertz CT molecular complexity index is 1070. The maximum atomic E-state index is 14.5. The number of nitrogens with zero attached hydrogens (tertiary/aromatic N) is 1. The highest BCUT2D eigenvalue weighted by Crippen LogP contribution is 2.38. The highest BCUT2D eigenvalue weighted by Gasteiger charge is 2.32. The van der Waals surface area contributed by atoms with Crippen molar-refractivity contribution in [2.75, 3.05) is 0 Å². The topological polar surface area (TPSA) is 59.3 Å². The number of benzene rings is 1. The average molecular weight is 379 g/mol. The summed E-state index contributed by atoms with van der Waals surface area (Å²) in [6.07, 6.45) is 2.26. The van der Waals surface area contributed by atoms with Gasteiger partial charge in [0.15, 0.2) is 17.5 Å². The number of aromatic nitrogens is 1. The lowest BCUT2D eigenvalue weighted by molar-refractivity contribution is 0.0695. The summed E-state index contributed by atoms with van der Waals surface area (Å²) in [6, 6.07) is -0.256. The Morgan fingerprint density at radius 1 is 1.19 bits per heavy atom. The van der Waals surface area contributed by atoms with Gasteiger partial charge >= 0.3 is 5.97 Å². The molecule has 136 valence electrons. The summed E-state index contributed by atoms with van der Waals surface area (Å²) in [4.78, 5) is 24.0. The lowest BCUT2D eigenvalue weighted by atomic mass is 10.0. The molecule has 0 aliphatic heterocycles. The predicted octanol–water partition coefficient (Wildman–Crippen LogP) is 3.68. The third kappa shape index (κ3) is 3.03. The van der Waals surface area contributed by atoms with Gasteiger partial charge in [0.25, 0.3) is 0 Å². The van der Waals surface area contributed by atoms with Crippen LogP contribution in [0, 0.1) is 28.9 Å². The van der Waals surface area contributed by atoms with Crippen molar-refractivity contribution in [1.82, 2.24) is 4.57 Å². The maximum absolute atomic E-state index is 14.5.